The lowest BCUT2D eigenvalue weighted by atomic mass is 9.97. The SMILES string of the molecule is Cc1cc(C(C)C)c(CNC(=O)c2cc(C3CC3)nc3c2c(C)nn3C(C)C)c(=O)[nH]1. The van der Waals surface area contributed by atoms with Crippen molar-refractivity contribution in [2.24, 2.45) is 0 Å². The Balaban J connectivity index is 1.73. The van der Waals surface area contributed by atoms with E-state index in [1.54, 1.807) is 0 Å². The van der Waals surface area contributed by atoms with Gasteiger partial charge in [0.2, 0.25) is 0 Å². The first kappa shape index (κ1) is 21.3. The second-order valence-corrected chi connectivity index (χ2v) is 9.24. The molecule has 1 aliphatic rings. The van der Waals surface area contributed by atoms with Gasteiger partial charge < -0.3 is 10.3 Å². The molecule has 1 aliphatic carbocycles. The monoisotopic (exact) mass is 421 g/mol. The molecule has 2 N–H and O–H groups in total. The van der Waals surface area contributed by atoms with Gasteiger partial charge in [-0.15, -0.1) is 0 Å². The molecule has 164 valence electrons. The van der Waals surface area contributed by atoms with Crippen LogP contribution in [-0.2, 0) is 6.54 Å². The van der Waals surface area contributed by atoms with Gasteiger partial charge in [-0.1, -0.05) is 13.8 Å². The van der Waals surface area contributed by atoms with Crippen molar-refractivity contribution < 1.29 is 4.79 Å². The number of pyridine rings is 2. The van der Waals surface area contributed by atoms with E-state index in [4.69, 9.17) is 4.98 Å². The van der Waals surface area contributed by atoms with Crippen LogP contribution >= 0.6 is 0 Å². The van der Waals surface area contributed by atoms with Crippen LogP contribution in [0.1, 0.15) is 97.0 Å². The highest BCUT2D eigenvalue weighted by atomic mass is 16.1. The Bertz CT molecular complexity index is 1210. The standard InChI is InChI=1S/C24H31N5O2/c1-12(2)17-9-14(5)26-24(31)19(17)11-25-23(30)18-10-20(16-7-8-16)27-22-21(18)15(6)28-29(22)13(3)4/h9-10,12-13,16H,7-8,11H2,1-6H3,(H,25,30)(H,26,31). The average molecular weight is 422 g/mol. The number of nitrogens with one attached hydrogen (secondary N) is 2. The maximum atomic E-state index is 13.3. The topological polar surface area (TPSA) is 92.7 Å². The number of carbonyl (C=O) groups is 1. The number of aryl methyl sites for hydroxylation is 2. The molecule has 3 heterocycles. The highest BCUT2D eigenvalue weighted by Crippen LogP contribution is 2.40. The Morgan fingerprint density at radius 3 is 2.55 bits per heavy atom. The predicted molar refractivity (Wildman–Crippen MR) is 122 cm³/mol. The number of aromatic amines is 1. The number of fused-ring (bicyclic) bond motifs is 1. The summed E-state index contributed by atoms with van der Waals surface area (Å²) < 4.78 is 1.90. The molecule has 3 aromatic rings. The molecule has 7 heteroatoms. The lowest BCUT2D eigenvalue weighted by molar-refractivity contribution is 0.0952. The summed E-state index contributed by atoms with van der Waals surface area (Å²) in [5.41, 5.74) is 5.34. The van der Waals surface area contributed by atoms with Crippen molar-refractivity contribution in [2.45, 2.75) is 78.8 Å². The first-order valence-corrected chi connectivity index (χ1v) is 11.1. The van der Waals surface area contributed by atoms with Crippen molar-refractivity contribution in [3.05, 3.63) is 56.3 Å². The third-order valence-corrected chi connectivity index (χ3v) is 5.94. The molecule has 1 amide bonds. The van der Waals surface area contributed by atoms with Gasteiger partial charge in [-0.2, -0.15) is 5.10 Å². The van der Waals surface area contributed by atoms with Crippen LogP contribution < -0.4 is 10.9 Å². The summed E-state index contributed by atoms with van der Waals surface area (Å²) in [6.07, 6.45) is 2.20. The number of amides is 1. The third kappa shape index (κ3) is 4.01. The summed E-state index contributed by atoms with van der Waals surface area (Å²) >= 11 is 0. The van der Waals surface area contributed by atoms with Gasteiger partial charge in [0.15, 0.2) is 5.65 Å². The van der Waals surface area contributed by atoms with Crippen LogP contribution in [0.2, 0.25) is 0 Å². The van der Waals surface area contributed by atoms with Gasteiger partial charge >= 0.3 is 0 Å². The van der Waals surface area contributed by atoms with Crippen molar-refractivity contribution in [2.75, 3.05) is 0 Å². The maximum Gasteiger partial charge on any atom is 0.253 e. The molecular formula is C24H31N5O2. The summed E-state index contributed by atoms with van der Waals surface area (Å²) in [7, 11) is 0. The van der Waals surface area contributed by atoms with Crippen LogP contribution in [0.15, 0.2) is 16.9 Å². The summed E-state index contributed by atoms with van der Waals surface area (Å²) in [6, 6.07) is 4.05. The van der Waals surface area contributed by atoms with Crippen LogP contribution in [0.25, 0.3) is 11.0 Å². The summed E-state index contributed by atoms with van der Waals surface area (Å²) in [6.45, 7) is 12.2. The maximum absolute atomic E-state index is 13.3. The number of nitrogens with zero attached hydrogens (tertiary/aromatic N) is 3. The largest absolute Gasteiger partial charge is 0.348 e. The van der Waals surface area contributed by atoms with Crippen molar-refractivity contribution in [1.29, 1.82) is 0 Å². The number of rotatable bonds is 6. The zero-order valence-electron chi connectivity index (χ0n) is 19.2. The molecule has 0 aliphatic heterocycles. The Morgan fingerprint density at radius 1 is 1.23 bits per heavy atom. The molecule has 0 bridgehead atoms. The molecule has 0 saturated heterocycles. The number of H-pyrrole nitrogens is 1. The van der Waals surface area contributed by atoms with E-state index in [9.17, 15) is 9.59 Å². The van der Waals surface area contributed by atoms with Crippen molar-refractivity contribution in [1.82, 2.24) is 25.1 Å². The fourth-order valence-corrected chi connectivity index (χ4v) is 4.16. The van der Waals surface area contributed by atoms with E-state index in [0.29, 0.717) is 17.0 Å². The van der Waals surface area contributed by atoms with E-state index in [2.05, 4.69) is 43.1 Å². The Morgan fingerprint density at radius 2 is 1.94 bits per heavy atom. The van der Waals surface area contributed by atoms with Gasteiger partial charge in [-0.05, 0) is 64.2 Å². The lowest BCUT2D eigenvalue weighted by Gasteiger charge is -2.14. The van der Waals surface area contributed by atoms with Crippen molar-refractivity contribution >= 4 is 16.9 Å². The second-order valence-electron chi connectivity index (χ2n) is 9.24. The fourth-order valence-electron chi connectivity index (χ4n) is 4.16. The predicted octanol–water partition coefficient (Wildman–Crippen LogP) is 4.25. The molecule has 0 radical (unpaired) electrons. The molecule has 31 heavy (non-hydrogen) atoms. The highest BCUT2D eigenvalue weighted by molar-refractivity contribution is 6.06. The van der Waals surface area contributed by atoms with Crippen molar-refractivity contribution in [3.63, 3.8) is 0 Å². The molecular weight excluding hydrogens is 390 g/mol. The number of aromatic nitrogens is 4. The van der Waals surface area contributed by atoms with Gasteiger partial charge in [-0.3, -0.25) is 9.59 Å². The van der Waals surface area contributed by atoms with E-state index >= 15 is 0 Å². The molecule has 0 atom stereocenters. The minimum atomic E-state index is -0.199. The number of hydrogen-bond acceptors (Lipinski definition) is 4. The second kappa shape index (κ2) is 7.94. The quantitative estimate of drug-likeness (QED) is 0.622. The zero-order valence-corrected chi connectivity index (χ0v) is 19.2. The van der Waals surface area contributed by atoms with E-state index in [1.165, 1.54) is 0 Å². The lowest BCUT2D eigenvalue weighted by Crippen LogP contribution is -2.29. The number of carbonyl (C=O) groups excluding carboxylic acids is 1. The third-order valence-electron chi connectivity index (χ3n) is 5.94. The van der Waals surface area contributed by atoms with Gasteiger partial charge in [0.1, 0.15) is 0 Å². The van der Waals surface area contributed by atoms with Crippen LogP contribution in [0.3, 0.4) is 0 Å². The molecule has 7 nitrogen and oxygen atoms in total. The van der Waals surface area contributed by atoms with Gasteiger partial charge in [-0.25, -0.2) is 9.67 Å². The summed E-state index contributed by atoms with van der Waals surface area (Å²) in [5.74, 6) is 0.406. The zero-order chi connectivity index (χ0) is 22.4. The van der Waals surface area contributed by atoms with E-state index < -0.39 is 0 Å². The number of hydrogen-bond donors (Lipinski definition) is 2. The van der Waals surface area contributed by atoms with Crippen LogP contribution in [0.5, 0.6) is 0 Å². The summed E-state index contributed by atoms with van der Waals surface area (Å²) in [4.78, 5) is 33.6. The molecule has 4 rings (SSSR count). The Kier molecular flexibility index (Phi) is 5.45. The normalized spacial score (nSPS) is 14.1. The van der Waals surface area contributed by atoms with E-state index in [-0.39, 0.29) is 30.0 Å². The molecule has 1 saturated carbocycles. The molecule has 0 spiro atoms. The highest BCUT2D eigenvalue weighted by Gasteiger charge is 2.29. The van der Waals surface area contributed by atoms with Crippen LogP contribution in [-0.4, -0.2) is 25.7 Å². The average Bonchev–Trinajstić information content (AvgIpc) is 3.49. The Hall–Kier alpha value is -2.96. The molecule has 0 aromatic carbocycles. The molecule has 3 aromatic heterocycles. The molecule has 1 fully saturated rings. The minimum Gasteiger partial charge on any atom is -0.348 e. The van der Waals surface area contributed by atoms with Gasteiger partial charge in [0.25, 0.3) is 11.5 Å². The van der Waals surface area contributed by atoms with Gasteiger partial charge in [0, 0.05) is 35.5 Å². The first-order valence-electron chi connectivity index (χ1n) is 11.1. The van der Waals surface area contributed by atoms with Crippen LogP contribution in [0, 0.1) is 13.8 Å². The summed E-state index contributed by atoms with van der Waals surface area (Å²) in [5, 5.41) is 8.43. The Labute approximate surface area is 182 Å². The first-order chi connectivity index (χ1) is 14.7. The minimum absolute atomic E-state index is 0.147. The van der Waals surface area contributed by atoms with Crippen molar-refractivity contribution in [3.8, 4) is 0 Å². The smallest absolute Gasteiger partial charge is 0.253 e. The van der Waals surface area contributed by atoms with Crippen LogP contribution in [0.4, 0.5) is 0 Å². The molecule has 0 unspecified atom stereocenters. The fraction of sp³-hybridized carbons (Fsp3) is 0.500. The van der Waals surface area contributed by atoms with Gasteiger partial charge in [0.05, 0.1) is 16.6 Å². The van der Waals surface area contributed by atoms with E-state index in [0.717, 1.165) is 46.5 Å². The van der Waals surface area contributed by atoms with E-state index in [1.807, 2.05) is 30.7 Å².